The number of benzene rings is 1. The van der Waals surface area contributed by atoms with Crippen molar-refractivity contribution >= 4 is 17.4 Å². The number of hydrogen-bond donors (Lipinski definition) is 4. The summed E-state index contributed by atoms with van der Waals surface area (Å²) in [7, 11) is 0. The molecule has 4 N–H and O–H groups in total. The third kappa shape index (κ3) is 5.39. The Hall–Kier alpha value is -2.04. The van der Waals surface area contributed by atoms with Crippen molar-refractivity contribution in [3.63, 3.8) is 0 Å². The van der Waals surface area contributed by atoms with E-state index < -0.39 is 23.8 Å². The predicted molar refractivity (Wildman–Crippen MR) is 130 cm³/mol. The maximum absolute atomic E-state index is 15.5. The van der Waals surface area contributed by atoms with Gasteiger partial charge in [0.1, 0.15) is 11.9 Å². The molecule has 3 fully saturated rings. The minimum Gasteiger partial charge on any atom is -0.395 e. The van der Waals surface area contributed by atoms with E-state index in [2.05, 4.69) is 16.0 Å². The second-order valence-electron chi connectivity index (χ2n) is 10.1. The molecule has 2 amide bonds. The molecule has 0 bridgehead atoms. The maximum Gasteiger partial charge on any atom is 0.326 e. The Bertz CT molecular complexity index is 868. The van der Waals surface area contributed by atoms with Crippen LogP contribution in [0.5, 0.6) is 0 Å². The average molecular weight is 498 g/mol. The van der Waals surface area contributed by atoms with Crippen molar-refractivity contribution in [3.05, 3.63) is 23.8 Å². The SMILES string of the molecule is CCN1C(=O)N(c2c(F)cc(NCCN[C@@H](C)CO)cc2F)C2CCCCC2C2CC(F)CNC21. The Morgan fingerprint density at radius 3 is 2.57 bits per heavy atom. The summed E-state index contributed by atoms with van der Waals surface area (Å²) >= 11 is 0. The van der Waals surface area contributed by atoms with E-state index in [1.807, 2.05) is 13.8 Å². The number of nitrogens with one attached hydrogen (secondary N) is 3. The third-order valence-electron chi connectivity index (χ3n) is 7.75. The van der Waals surface area contributed by atoms with Gasteiger partial charge in [-0.15, -0.1) is 0 Å². The van der Waals surface area contributed by atoms with Crippen LogP contribution < -0.4 is 20.9 Å². The highest BCUT2D eigenvalue weighted by atomic mass is 19.1. The number of nitrogens with zero attached hydrogens (tertiary/aromatic N) is 2. The molecule has 2 heterocycles. The first-order valence-corrected chi connectivity index (χ1v) is 12.9. The number of alkyl halides is 1. The second kappa shape index (κ2) is 11.3. The Labute approximate surface area is 205 Å². The maximum atomic E-state index is 15.5. The topological polar surface area (TPSA) is 79.9 Å². The van der Waals surface area contributed by atoms with Crippen LogP contribution in [0.1, 0.15) is 46.0 Å². The fourth-order valence-corrected chi connectivity index (χ4v) is 6.10. The Morgan fingerprint density at radius 1 is 1.17 bits per heavy atom. The highest BCUT2D eigenvalue weighted by molar-refractivity contribution is 5.94. The van der Waals surface area contributed by atoms with Gasteiger partial charge in [0, 0.05) is 49.9 Å². The summed E-state index contributed by atoms with van der Waals surface area (Å²) in [6, 6.07) is 1.57. The standard InChI is InChI=1S/C25H38F3N5O2/c1-3-32-24-19(10-16(26)13-31-24)18-6-4-5-7-22(18)33(25(32)35)23-20(27)11-17(12-21(23)28)30-9-8-29-15(2)14-34/h11-12,15-16,18-19,22,24,29-31,34H,3-10,13-14H2,1-2H3/t15-,16?,18?,19?,22?,24?/m0/s1. The number of rotatable bonds is 8. The molecule has 0 aromatic heterocycles. The van der Waals surface area contributed by atoms with Gasteiger partial charge in [-0.05, 0) is 51.2 Å². The molecule has 196 valence electrons. The van der Waals surface area contributed by atoms with Crippen LogP contribution >= 0.6 is 0 Å². The molecule has 1 saturated carbocycles. The molecule has 7 nitrogen and oxygen atoms in total. The van der Waals surface area contributed by atoms with Crippen molar-refractivity contribution in [3.8, 4) is 0 Å². The van der Waals surface area contributed by atoms with Crippen LogP contribution in [-0.4, -0.2) is 73.2 Å². The van der Waals surface area contributed by atoms with Crippen LogP contribution in [0.4, 0.5) is 29.3 Å². The lowest BCUT2D eigenvalue weighted by molar-refractivity contribution is 0.0464. The number of halogens is 3. The summed E-state index contributed by atoms with van der Waals surface area (Å²) in [6.45, 7) is 5.15. The number of anilines is 2. The van der Waals surface area contributed by atoms with Crippen LogP contribution in [0.15, 0.2) is 12.1 Å². The van der Waals surface area contributed by atoms with E-state index in [1.54, 1.807) is 4.90 Å². The van der Waals surface area contributed by atoms with E-state index in [4.69, 9.17) is 5.11 Å². The first-order valence-electron chi connectivity index (χ1n) is 12.9. The summed E-state index contributed by atoms with van der Waals surface area (Å²) < 4.78 is 45.4. The van der Waals surface area contributed by atoms with Crippen molar-refractivity contribution in [1.82, 2.24) is 15.5 Å². The van der Waals surface area contributed by atoms with Crippen molar-refractivity contribution in [2.24, 2.45) is 11.8 Å². The minimum atomic E-state index is -0.993. The van der Waals surface area contributed by atoms with Crippen molar-refractivity contribution < 1.29 is 23.1 Å². The summed E-state index contributed by atoms with van der Waals surface area (Å²) in [5.41, 5.74) is -0.0361. The van der Waals surface area contributed by atoms with Gasteiger partial charge < -0.3 is 20.6 Å². The first-order chi connectivity index (χ1) is 16.8. The molecular formula is C25H38F3N5O2. The van der Waals surface area contributed by atoms with Gasteiger partial charge in [0.15, 0.2) is 11.6 Å². The Balaban J connectivity index is 1.63. The van der Waals surface area contributed by atoms with Crippen LogP contribution in [-0.2, 0) is 0 Å². The smallest absolute Gasteiger partial charge is 0.326 e. The lowest BCUT2D eigenvalue weighted by Crippen LogP contribution is -2.58. The predicted octanol–water partition coefficient (Wildman–Crippen LogP) is 3.44. The van der Waals surface area contributed by atoms with E-state index in [0.717, 1.165) is 19.3 Å². The summed E-state index contributed by atoms with van der Waals surface area (Å²) in [5, 5.41) is 18.4. The van der Waals surface area contributed by atoms with E-state index >= 15 is 8.78 Å². The highest BCUT2D eigenvalue weighted by Gasteiger charge is 2.51. The van der Waals surface area contributed by atoms with Gasteiger partial charge in [0.25, 0.3) is 0 Å². The van der Waals surface area contributed by atoms with Gasteiger partial charge in [0.05, 0.1) is 12.8 Å². The van der Waals surface area contributed by atoms with Gasteiger partial charge in [-0.2, -0.15) is 0 Å². The number of hydrogen-bond acceptors (Lipinski definition) is 5. The van der Waals surface area contributed by atoms with Crippen LogP contribution in [0.3, 0.4) is 0 Å². The van der Waals surface area contributed by atoms with Gasteiger partial charge in [-0.25, -0.2) is 18.0 Å². The normalized spacial score (nSPS) is 29.9. The zero-order valence-electron chi connectivity index (χ0n) is 20.6. The number of fused-ring (bicyclic) bond motifs is 3. The molecule has 3 aliphatic rings. The lowest BCUT2D eigenvalue weighted by atomic mass is 9.72. The molecule has 35 heavy (non-hydrogen) atoms. The number of carbonyl (C=O) groups excluding carboxylic acids is 1. The first kappa shape index (κ1) is 26.0. The molecular weight excluding hydrogens is 459 g/mol. The molecule has 2 aliphatic heterocycles. The van der Waals surface area contributed by atoms with Gasteiger partial charge in [-0.3, -0.25) is 10.2 Å². The van der Waals surface area contributed by atoms with Gasteiger partial charge in [-0.1, -0.05) is 12.8 Å². The monoisotopic (exact) mass is 497 g/mol. The van der Waals surface area contributed by atoms with E-state index in [-0.39, 0.29) is 54.6 Å². The minimum absolute atomic E-state index is 0.00196. The molecule has 2 saturated heterocycles. The quantitative estimate of drug-likeness (QED) is 0.414. The molecule has 0 spiro atoms. The number of urea groups is 1. The fourth-order valence-electron chi connectivity index (χ4n) is 6.10. The average Bonchev–Trinajstić information content (AvgIpc) is 2.94. The molecule has 1 aliphatic carbocycles. The van der Waals surface area contributed by atoms with Crippen LogP contribution in [0.25, 0.3) is 0 Å². The van der Waals surface area contributed by atoms with Gasteiger partial charge >= 0.3 is 6.03 Å². The largest absolute Gasteiger partial charge is 0.395 e. The summed E-state index contributed by atoms with van der Waals surface area (Å²) in [6.07, 6.45) is 2.30. The lowest BCUT2D eigenvalue weighted by Gasteiger charge is -2.43. The number of carbonyl (C=O) groups is 1. The van der Waals surface area contributed by atoms with Crippen LogP contribution in [0, 0.1) is 23.5 Å². The zero-order chi connectivity index (χ0) is 25.1. The fraction of sp³-hybridized carbons (Fsp3) is 0.720. The number of aliphatic hydroxyl groups is 1. The number of aliphatic hydroxyl groups excluding tert-OH is 1. The van der Waals surface area contributed by atoms with Crippen molar-refractivity contribution in [2.75, 3.05) is 43.0 Å². The van der Waals surface area contributed by atoms with E-state index in [0.29, 0.717) is 32.5 Å². The molecule has 1 aromatic rings. The highest BCUT2D eigenvalue weighted by Crippen LogP contribution is 2.45. The molecule has 1 aromatic carbocycles. The molecule has 5 unspecified atom stereocenters. The summed E-state index contributed by atoms with van der Waals surface area (Å²) in [4.78, 5) is 16.8. The number of piperidine rings is 1. The van der Waals surface area contributed by atoms with Crippen molar-refractivity contribution in [2.45, 2.75) is 70.4 Å². The summed E-state index contributed by atoms with van der Waals surface area (Å²) in [5.74, 6) is -1.71. The van der Waals surface area contributed by atoms with E-state index in [1.165, 1.54) is 17.0 Å². The number of amides is 2. The third-order valence-corrected chi connectivity index (χ3v) is 7.75. The molecule has 6 atom stereocenters. The Kier molecular flexibility index (Phi) is 8.44. The van der Waals surface area contributed by atoms with E-state index in [9.17, 15) is 9.18 Å². The zero-order valence-corrected chi connectivity index (χ0v) is 20.6. The molecule has 10 heteroatoms. The molecule has 0 radical (unpaired) electrons. The second-order valence-corrected chi connectivity index (χ2v) is 10.1. The molecule has 4 rings (SSSR count). The van der Waals surface area contributed by atoms with Crippen molar-refractivity contribution in [1.29, 1.82) is 0 Å². The van der Waals surface area contributed by atoms with Crippen LogP contribution in [0.2, 0.25) is 0 Å². The Morgan fingerprint density at radius 2 is 1.89 bits per heavy atom. The van der Waals surface area contributed by atoms with Gasteiger partial charge in [0.2, 0.25) is 0 Å².